The minimum absolute atomic E-state index is 0.0913. The van der Waals surface area contributed by atoms with Crippen LogP contribution in [0.4, 0.5) is 5.69 Å². The van der Waals surface area contributed by atoms with Gasteiger partial charge < -0.3 is 15.2 Å². The van der Waals surface area contributed by atoms with Crippen LogP contribution in [0.2, 0.25) is 0 Å². The summed E-state index contributed by atoms with van der Waals surface area (Å²) >= 11 is 0. The number of hydrogen-bond acceptors (Lipinski definition) is 3. The Bertz CT molecular complexity index is 402. The van der Waals surface area contributed by atoms with E-state index in [4.69, 9.17) is 4.74 Å². The summed E-state index contributed by atoms with van der Waals surface area (Å²) in [5, 5.41) is 12.5. The largest absolute Gasteiger partial charge is 0.488 e. The number of amides is 1. The Hall–Kier alpha value is -1.55. The van der Waals surface area contributed by atoms with Gasteiger partial charge in [-0.2, -0.15) is 0 Å². The number of hydrogen-bond donors (Lipinski definition) is 2. The smallest absolute Gasteiger partial charge is 0.221 e. The number of aliphatic hydroxyl groups is 1. The lowest BCUT2D eigenvalue weighted by molar-refractivity contribution is -0.114. The topological polar surface area (TPSA) is 58.6 Å². The van der Waals surface area contributed by atoms with Gasteiger partial charge in [-0.1, -0.05) is 6.42 Å². The molecule has 0 unspecified atom stereocenters. The van der Waals surface area contributed by atoms with Gasteiger partial charge in [0.05, 0.1) is 6.10 Å². The van der Waals surface area contributed by atoms with Crippen molar-refractivity contribution in [2.45, 2.75) is 44.8 Å². The lowest BCUT2D eigenvalue weighted by Crippen LogP contribution is -2.34. The summed E-state index contributed by atoms with van der Waals surface area (Å²) in [6, 6.07) is 7.22. The first kappa shape index (κ1) is 12.9. The molecule has 98 valence electrons. The Labute approximate surface area is 107 Å². The summed E-state index contributed by atoms with van der Waals surface area (Å²) in [6.45, 7) is 1.47. The summed E-state index contributed by atoms with van der Waals surface area (Å²) in [5.41, 5.74) is 0.749. The van der Waals surface area contributed by atoms with Crippen LogP contribution in [-0.4, -0.2) is 23.2 Å². The monoisotopic (exact) mass is 249 g/mol. The summed E-state index contributed by atoms with van der Waals surface area (Å²) in [6.07, 6.45) is 3.41. The first-order valence-electron chi connectivity index (χ1n) is 6.37. The van der Waals surface area contributed by atoms with Crippen molar-refractivity contribution in [2.75, 3.05) is 5.32 Å². The van der Waals surface area contributed by atoms with Crippen molar-refractivity contribution >= 4 is 11.6 Å². The molecule has 0 radical (unpaired) electrons. The fourth-order valence-corrected chi connectivity index (χ4v) is 2.21. The minimum Gasteiger partial charge on any atom is -0.488 e. The van der Waals surface area contributed by atoms with E-state index in [1.165, 1.54) is 6.92 Å². The molecule has 1 aromatic carbocycles. The number of nitrogens with one attached hydrogen (secondary N) is 1. The highest BCUT2D eigenvalue weighted by Gasteiger charge is 2.24. The van der Waals surface area contributed by atoms with E-state index in [-0.39, 0.29) is 18.1 Å². The van der Waals surface area contributed by atoms with Crippen LogP contribution >= 0.6 is 0 Å². The van der Waals surface area contributed by atoms with Gasteiger partial charge in [-0.25, -0.2) is 0 Å². The molecule has 1 saturated carbocycles. The molecule has 18 heavy (non-hydrogen) atoms. The SMILES string of the molecule is CC(=O)Nc1ccc(O[C@H]2CCCC[C@@H]2O)cc1. The van der Waals surface area contributed by atoms with E-state index < -0.39 is 0 Å². The van der Waals surface area contributed by atoms with Gasteiger partial charge in [0.25, 0.3) is 0 Å². The van der Waals surface area contributed by atoms with Gasteiger partial charge >= 0.3 is 0 Å². The standard InChI is InChI=1S/C14H19NO3/c1-10(16)15-11-6-8-12(9-7-11)18-14-5-3-2-4-13(14)17/h6-9,13-14,17H,2-5H2,1H3,(H,15,16)/t13-,14-/m0/s1. The molecular weight excluding hydrogens is 230 g/mol. The highest BCUT2D eigenvalue weighted by Crippen LogP contribution is 2.24. The Kier molecular flexibility index (Phi) is 4.20. The van der Waals surface area contributed by atoms with Crippen molar-refractivity contribution < 1.29 is 14.6 Å². The Morgan fingerprint density at radius 1 is 1.28 bits per heavy atom. The predicted octanol–water partition coefficient (Wildman–Crippen LogP) is 2.33. The van der Waals surface area contributed by atoms with Gasteiger partial charge in [-0.15, -0.1) is 0 Å². The first-order valence-corrected chi connectivity index (χ1v) is 6.37. The normalized spacial score (nSPS) is 23.4. The average Bonchev–Trinajstić information content (AvgIpc) is 2.34. The summed E-state index contributed by atoms with van der Waals surface area (Å²) in [4.78, 5) is 10.9. The molecule has 1 aliphatic rings. The summed E-state index contributed by atoms with van der Waals surface area (Å²) < 4.78 is 5.76. The maximum Gasteiger partial charge on any atom is 0.221 e. The Morgan fingerprint density at radius 2 is 1.94 bits per heavy atom. The van der Waals surface area contributed by atoms with Crippen molar-refractivity contribution in [3.63, 3.8) is 0 Å². The van der Waals surface area contributed by atoms with E-state index in [1.807, 2.05) is 12.1 Å². The van der Waals surface area contributed by atoms with Gasteiger partial charge in [0.15, 0.2) is 0 Å². The molecule has 1 aromatic rings. The van der Waals surface area contributed by atoms with Crippen molar-refractivity contribution in [1.82, 2.24) is 0 Å². The lowest BCUT2D eigenvalue weighted by atomic mass is 9.95. The van der Waals surface area contributed by atoms with Crippen molar-refractivity contribution in [3.05, 3.63) is 24.3 Å². The van der Waals surface area contributed by atoms with E-state index in [0.29, 0.717) is 0 Å². The fourth-order valence-electron chi connectivity index (χ4n) is 2.21. The van der Waals surface area contributed by atoms with Crippen LogP contribution in [0.25, 0.3) is 0 Å². The molecule has 1 amide bonds. The number of anilines is 1. The highest BCUT2D eigenvalue weighted by molar-refractivity contribution is 5.88. The van der Waals surface area contributed by atoms with Crippen molar-refractivity contribution in [3.8, 4) is 5.75 Å². The van der Waals surface area contributed by atoms with Gasteiger partial charge in [0.1, 0.15) is 11.9 Å². The van der Waals surface area contributed by atoms with Gasteiger partial charge in [-0.05, 0) is 43.5 Å². The van der Waals surface area contributed by atoms with E-state index >= 15 is 0 Å². The predicted molar refractivity (Wildman–Crippen MR) is 69.6 cm³/mol. The van der Waals surface area contributed by atoms with Crippen LogP contribution < -0.4 is 10.1 Å². The number of ether oxygens (including phenoxy) is 1. The Balaban J connectivity index is 1.95. The van der Waals surface area contributed by atoms with E-state index in [9.17, 15) is 9.90 Å². The molecule has 0 spiro atoms. The van der Waals surface area contributed by atoms with Crippen LogP contribution in [0.3, 0.4) is 0 Å². The second kappa shape index (κ2) is 5.87. The Morgan fingerprint density at radius 3 is 2.56 bits per heavy atom. The molecule has 0 bridgehead atoms. The molecule has 0 aromatic heterocycles. The van der Waals surface area contributed by atoms with Gasteiger partial charge in [0, 0.05) is 12.6 Å². The highest BCUT2D eigenvalue weighted by atomic mass is 16.5. The molecular formula is C14H19NO3. The number of benzene rings is 1. The molecule has 4 heteroatoms. The number of carbonyl (C=O) groups is 1. The van der Waals surface area contributed by atoms with E-state index in [0.717, 1.165) is 37.1 Å². The third-order valence-corrected chi connectivity index (χ3v) is 3.13. The maximum atomic E-state index is 10.9. The maximum absolute atomic E-state index is 10.9. The quantitative estimate of drug-likeness (QED) is 0.864. The fraction of sp³-hybridized carbons (Fsp3) is 0.500. The number of rotatable bonds is 3. The van der Waals surface area contributed by atoms with E-state index in [1.54, 1.807) is 12.1 Å². The third-order valence-electron chi connectivity index (χ3n) is 3.13. The van der Waals surface area contributed by atoms with Crippen LogP contribution in [-0.2, 0) is 4.79 Å². The molecule has 1 aliphatic carbocycles. The second-order valence-corrected chi connectivity index (χ2v) is 4.71. The first-order chi connectivity index (χ1) is 8.65. The lowest BCUT2D eigenvalue weighted by Gasteiger charge is -2.28. The molecule has 1 fully saturated rings. The molecule has 2 N–H and O–H groups in total. The van der Waals surface area contributed by atoms with Crippen molar-refractivity contribution in [1.29, 1.82) is 0 Å². The van der Waals surface area contributed by atoms with Crippen molar-refractivity contribution in [2.24, 2.45) is 0 Å². The zero-order valence-corrected chi connectivity index (χ0v) is 10.6. The molecule has 0 saturated heterocycles. The minimum atomic E-state index is -0.367. The van der Waals surface area contributed by atoms with Crippen LogP contribution in [0.5, 0.6) is 5.75 Å². The van der Waals surface area contributed by atoms with Crippen LogP contribution in [0.1, 0.15) is 32.6 Å². The number of carbonyl (C=O) groups excluding carboxylic acids is 1. The third kappa shape index (κ3) is 3.47. The average molecular weight is 249 g/mol. The summed E-state index contributed by atoms with van der Waals surface area (Å²) in [5.74, 6) is 0.640. The zero-order valence-electron chi connectivity index (χ0n) is 10.6. The van der Waals surface area contributed by atoms with Gasteiger partial charge in [-0.3, -0.25) is 4.79 Å². The number of aliphatic hydroxyl groups excluding tert-OH is 1. The van der Waals surface area contributed by atoms with Gasteiger partial charge in [0.2, 0.25) is 5.91 Å². The zero-order chi connectivity index (χ0) is 13.0. The molecule has 0 aliphatic heterocycles. The van der Waals surface area contributed by atoms with Crippen LogP contribution in [0.15, 0.2) is 24.3 Å². The molecule has 2 rings (SSSR count). The van der Waals surface area contributed by atoms with E-state index in [2.05, 4.69) is 5.32 Å². The van der Waals surface area contributed by atoms with Crippen LogP contribution in [0, 0.1) is 0 Å². The second-order valence-electron chi connectivity index (χ2n) is 4.71. The molecule has 2 atom stereocenters. The molecule has 4 nitrogen and oxygen atoms in total. The molecule has 0 heterocycles. The summed E-state index contributed by atoms with van der Waals surface area (Å²) in [7, 11) is 0.